The Kier molecular flexibility index (Phi) is 1.50. The molecule has 8 heavy (non-hydrogen) atoms. The van der Waals surface area contributed by atoms with Crippen molar-refractivity contribution >= 4 is 0 Å². The molecular weight excluding hydrogens is 108 g/mol. The molecule has 1 atom stereocenters. The first-order valence-corrected chi connectivity index (χ1v) is 2.46. The third kappa shape index (κ3) is 0.827. The van der Waals surface area contributed by atoms with Crippen LogP contribution in [0.2, 0.25) is 0 Å². The van der Waals surface area contributed by atoms with Crippen LogP contribution in [0, 0.1) is 0 Å². The third-order valence-electron chi connectivity index (χ3n) is 1.15. The average Bonchev–Trinajstić information content (AvgIpc) is 2.14. The summed E-state index contributed by atoms with van der Waals surface area (Å²) in [5.41, 5.74) is 0. The summed E-state index contributed by atoms with van der Waals surface area (Å²) in [5.74, 6) is 0.521. The van der Waals surface area contributed by atoms with Crippen LogP contribution in [0.3, 0.4) is 0 Å². The van der Waals surface area contributed by atoms with Gasteiger partial charge in [0.2, 0.25) is 0 Å². The summed E-state index contributed by atoms with van der Waals surface area (Å²) in [6, 6.07) is 0. The Morgan fingerprint density at radius 3 is 2.88 bits per heavy atom. The molecule has 0 bridgehead atoms. The largest absolute Gasteiger partial charge is 0.496 e. The van der Waals surface area contributed by atoms with E-state index in [0.717, 1.165) is 0 Å². The fraction of sp³-hybridized carbons (Fsp3) is 0.600. The fourth-order valence-corrected chi connectivity index (χ4v) is 0.662. The monoisotopic (exact) mass is 116 g/mol. The molecule has 3 heteroatoms. The van der Waals surface area contributed by atoms with Gasteiger partial charge in [-0.05, 0) is 0 Å². The zero-order chi connectivity index (χ0) is 5.98. The number of ether oxygens (including phenoxy) is 1. The lowest BCUT2D eigenvalue weighted by Gasteiger charge is -2.00. The topological polar surface area (TPSA) is 38.7 Å². The molecule has 1 saturated heterocycles. The summed E-state index contributed by atoms with van der Waals surface area (Å²) in [7, 11) is 0. The van der Waals surface area contributed by atoms with Gasteiger partial charge in [-0.3, -0.25) is 5.26 Å². The maximum atomic E-state index is 8.10. The molecule has 0 amide bonds. The first kappa shape index (κ1) is 5.59. The van der Waals surface area contributed by atoms with Crippen molar-refractivity contribution in [3.8, 4) is 0 Å². The lowest BCUT2D eigenvalue weighted by molar-refractivity contribution is -0.268. The highest BCUT2D eigenvalue weighted by atomic mass is 17.1. The second-order valence-electron chi connectivity index (χ2n) is 1.70. The van der Waals surface area contributed by atoms with Gasteiger partial charge in [0.25, 0.3) is 0 Å². The van der Waals surface area contributed by atoms with Gasteiger partial charge in [0.15, 0.2) is 6.10 Å². The van der Waals surface area contributed by atoms with Gasteiger partial charge in [-0.1, -0.05) is 6.58 Å². The molecule has 0 aromatic heterocycles. The Morgan fingerprint density at radius 1 is 1.88 bits per heavy atom. The van der Waals surface area contributed by atoms with Crippen molar-refractivity contribution < 1.29 is 14.9 Å². The van der Waals surface area contributed by atoms with E-state index in [1.54, 1.807) is 0 Å². The maximum Gasteiger partial charge on any atom is 0.152 e. The van der Waals surface area contributed by atoms with Crippen molar-refractivity contribution in [3.05, 3.63) is 12.3 Å². The molecule has 0 aromatic carbocycles. The Balaban J connectivity index is 2.42. The van der Waals surface area contributed by atoms with Gasteiger partial charge in [0, 0.05) is 6.42 Å². The molecule has 1 aliphatic rings. The van der Waals surface area contributed by atoms with Gasteiger partial charge in [0.05, 0.1) is 6.61 Å². The summed E-state index contributed by atoms with van der Waals surface area (Å²) < 4.78 is 4.88. The minimum atomic E-state index is -0.296. The SMILES string of the molecule is C=C1OCCC1OO. The molecule has 0 aromatic rings. The minimum Gasteiger partial charge on any atom is -0.496 e. The van der Waals surface area contributed by atoms with Gasteiger partial charge in [-0.2, -0.15) is 0 Å². The highest BCUT2D eigenvalue weighted by Gasteiger charge is 2.20. The standard InChI is InChI=1S/C5H8O3/c1-4-5(8-6)2-3-7-4/h5-6H,1-3H2. The van der Waals surface area contributed by atoms with E-state index in [0.29, 0.717) is 18.8 Å². The molecule has 1 N–H and O–H groups in total. The Bertz CT molecular complexity index is 99.8. The minimum absolute atomic E-state index is 0.296. The van der Waals surface area contributed by atoms with Crippen LogP contribution in [0.4, 0.5) is 0 Å². The Morgan fingerprint density at radius 2 is 2.62 bits per heavy atom. The number of hydrogen-bond donors (Lipinski definition) is 1. The van der Waals surface area contributed by atoms with Crippen LogP contribution in [-0.4, -0.2) is 18.0 Å². The van der Waals surface area contributed by atoms with Gasteiger partial charge in [-0.25, -0.2) is 4.89 Å². The van der Waals surface area contributed by atoms with Crippen molar-refractivity contribution in [3.63, 3.8) is 0 Å². The molecular formula is C5H8O3. The van der Waals surface area contributed by atoms with E-state index >= 15 is 0 Å². The van der Waals surface area contributed by atoms with Crippen LogP contribution in [0.15, 0.2) is 12.3 Å². The molecule has 3 nitrogen and oxygen atoms in total. The van der Waals surface area contributed by atoms with Crippen LogP contribution >= 0.6 is 0 Å². The van der Waals surface area contributed by atoms with Crippen LogP contribution in [0.25, 0.3) is 0 Å². The van der Waals surface area contributed by atoms with E-state index in [-0.39, 0.29) is 6.10 Å². The smallest absolute Gasteiger partial charge is 0.152 e. The zero-order valence-corrected chi connectivity index (χ0v) is 4.46. The first-order chi connectivity index (χ1) is 3.84. The van der Waals surface area contributed by atoms with E-state index < -0.39 is 0 Å². The summed E-state index contributed by atoms with van der Waals surface area (Å²) in [6.07, 6.45) is 0.407. The first-order valence-electron chi connectivity index (χ1n) is 2.46. The fourth-order valence-electron chi connectivity index (χ4n) is 0.662. The van der Waals surface area contributed by atoms with E-state index in [4.69, 9.17) is 9.99 Å². The molecule has 1 fully saturated rings. The van der Waals surface area contributed by atoms with Crippen molar-refractivity contribution in [1.29, 1.82) is 0 Å². The summed E-state index contributed by atoms with van der Waals surface area (Å²) >= 11 is 0. The van der Waals surface area contributed by atoms with Gasteiger partial charge < -0.3 is 4.74 Å². The van der Waals surface area contributed by atoms with Crippen LogP contribution in [0.5, 0.6) is 0 Å². The predicted octanol–water partition coefficient (Wildman–Crippen LogP) is 0.779. The van der Waals surface area contributed by atoms with E-state index in [1.165, 1.54) is 0 Å². The number of hydrogen-bond acceptors (Lipinski definition) is 3. The second-order valence-corrected chi connectivity index (χ2v) is 1.70. The Hall–Kier alpha value is -0.540. The van der Waals surface area contributed by atoms with E-state index in [9.17, 15) is 0 Å². The van der Waals surface area contributed by atoms with Gasteiger partial charge in [0.1, 0.15) is 5.76 Å². The Labute approximate surface area is 47.5 Å². The van der Waals surface area contributed by atoms with Gasteiger partial charge >= 0.3 is 0 Å². The van der Waals surface area contributed by atoms with Crippen LogP contribution in [-0.2, 0) is 9.62 Å². The van der Waals surface area contributed by atoms with Gasteiger partial charge in [-0.15, -0.1) is 0 Å². The predicted molar refractivity (Wildman–Crippen MR) is 27.2 cm³/mol. The van der Waals surface area contributed by atoms with Crippen molar-refractivity contribution in [2.45, 2.75) is 12.5 Å². The quantitative estimate of drug-likeness (QED) is 0.406. The van der Waals surface area contributed by atoms with Crippen LogP contribution in [0.1, 0.15) is 6.42 Å². The third-order valence-corrected chi connectivity index (χ3v) is 1.15. The van der Waals surface area contributed by atoms with Crippen LogP contribution < -0.4 is 0 Å². The maximum absolute atomic E-state index is 8.10. The average molecular weight is 116 g/mol. The van der Waals surface area contributed by atoms with E-state index in [2.05, 4.69) is 11.5 Å². The second kappa shape index (κ2) is 2.15. The molecule has 1 rings (SSSR count). The molecule has 46 valence electrons. The molecule has 0 saturated carbocycles. The molecule has 0 radical (unpaired) electrons. The number of rotatable bonds is 1. The summed E-state index contributed by atoms with van der Waals surface area (Å²) in [4.78, 5) is 4.00. The zero-order valence-electron chi connectivity index (χ0n) is 4.46. The highest BCUT2D eigenvalue weighted by molar-refractivity contribution is 4.96. The molecule has 1 aliphatic heterocycles. The molecule has 1 heterocycles. The van der Waals surface area contributed by atoms with Crippen molar-refractivity contribution in [1.82, 2.24) is 0 Å². The lowest BCUT2D eigenvalue weighted by atomic mass is 10.3. The summed E-state index contributed by atoms with van der Waals surface area (Å²) in [5, 5.41) is 8.10. The highest BCUT2D eigenvalue weighted by Crippen LogP contribution is 2.16. The van der Waals surface area contributed by atoms with Crippen molar-refractivity contribution in [2.75, 3.05) is 6.61 Å². The molecule has 0 spiro atoms. The van der Waals surface area contributed by atoms with E-state index in [1.807, 2.05) is 0 Å². The molecule has 1 unspecified atom stereocenters. The summed E-state index contributed by atoms with van der Waals surface area (Å²) in [6.45, 7) is 4.10. The molecule has 0 aliphatic carbocycles. The normalized spacial score (nSPS) is 28.1. The lowest BCUT2D eigenvalue weighted by Crippen LogP contribution is -2.06. The van der Waals surface area contributed by atoms with Crippen molar-refractivity contribution in [2.24, 2.45) is 0 Å².